The predicted molar refractivity (Wildman–Crippen MR) is 116 cm³/mol. The Morgan fingerprint density at radius 1 is 1.24 bits per heavy atom. The number of rotatable bonds is 4. The van der Waals surface area contributed by atoms with Gasteiger partial charge in [0.25, 0.3) is 0 Å². The second-order valence-electron chi connectivity index (χ2n) is 7.81. The molecular formula is C20H26N4O3S2. The Hall–Kier alpha value is -1.97. The topological polar surface area (TPSA) is 82.6 Å². The van der Waals surface area contributed by atoms with Crippen LogP contribution in [0.1, 0.15) is 29.7 Å². The van der Waals surface area contributed by atoms with E-state index in [-0.39, 0.29) is 11.8 Å². The van der Waals surface area contributed by atoms with Gasteiger partial charge in [0.05, 0.1) is 11.9 Å². The first kappa shape index (κ1) is 20.3. The Balaban J connectivity index is 1.40. The molecule has 9 heteroatoms. The normalized spacial score (nSPS) is 18.5. The van der Waals surface area contributed by atoms with Crippen molar-refractivity contribution in [2.75, 3.05) is 36.1 Å². The van der Waals surface area contributed by atoms with Crippen LogP contribution in [-0.2, 0) is 27.8 Å². The van der Waals surface area contributed by atoms with Crippen molar-refractivity contribution in [1.82, 2.24) is 9.29 Å². The largest absolute Gasteiger partial charge is 0.348 e. The molecule has 1 N–H and O–H groups in total. The second kappa shape index (κ2) is 8.04. The number of anilines is 2. The quantitative estimate of drug-likeness (QED) is 0.800. The van der Waals surface area contributed by atoms with Gasteiger partial charge in [-0.25, -0.2) is 13.4 Å². The monoisotopic (exact) mass is 434 g/mol. The van der Waals surface area contributed by atoms with Crippen LogP contribution in [0.15, 0.2) is 23.6 Å². The van der Waals surface area contributed by atoms with E-state index in [2.05, 4.69) is 20.6 Å². The molecule has 2 aromatic rings. The van der Waals surface area contributed by atoms with Crippen molar-refractivity contribution < 1.29 is 13.2 Å². The van der Waals surface area contributed by atoms with Gasteiger partial charge in [0, 0.05) is 43.2 Å². The van der Waals surface area contributed by atoms with E-state index in [9.17, 15) is 13.2 Å². The van der Waals surface area contributed by atoms with E-state index in [0.717, 1.165) is 53.6 Å². The minimum absolute atomic E-state index is 0.0146. The van der Waals surface area contributed by atoms with Gasteiger partial charge in [0.1, 0.15) is 0 Å². The summed E-state index contributed by atoms with van der Waals surface area (Å²) in [7, 11) is -3.21. The lowest BCUT2D eigenvalue weighted by Gasteiger charge is -2.32. The molecule has 1 aromatic heterocycles. The minimum atomic E-state index is -3.21. The van der Waals surface area contributed by atoms with Gasteiger partial charge in [-0.05, 0) is 43.4 Å². The molecule has 0 saturated carbocycles. The zero-order chi connectivity index (χ0) is 20.6. The molecular weight excluding hydrogens is 408 g/mol. The van der Waals surface area contributed by atoms with Crippen LogP contribution in [0.2, 0.25) is 0 Å². The molecule has 0 atom stereocenters. The van der Waals surface area contributed by atoms with Crippen LogP contribution in [0, 0.1) is 12.8 Å². The highest BCUT2D eigenvalue weighted by Gasteiger charge is 2.28. The van der Waals surface area contributed by atoms with Crippen LogP contribution in [0.4, 0.5) is 10.8 Å². The van der Waals surface area contributed by atoms with Crippen molar-refractivity contribution in [1.29, 1.82) is 0 Å². The first-order valence-corrected chi connectivity index (χ1v) is 12.6. The number of nitrogens with zero attached hydrogens (tertiary/aromatic N) is 3. The molecule has 1 saturated heterocycles. The number of fused-ring (bicyclic) bond motifs is 1. The number of sulfonamides is 1. The third kappa shape index (κ3) is 4.46. The van der Waals surface area contributed by atoms with Crippen LogP contribution in [0.25, 0.3) is 0 Å². The molecule has 3 heterocycles. The van der Waals surface area contributed by atoms with Crippen molar-refractivity contribution in [2.24, 2.45) is 5.92 Å². The van der Waals surface area contributed by atoms with Crippen molar-refractivity contribution in [3.8, 4) is 0 Å². The first-order valence-electron chi connectivity index (χ1n) is 9.85. The Morgan fingerprint density at radius 3 is 2.66 bits per heavy atom. The summed E-state index contributed by atoms with van der Waals surface area (Å²) >= 11 is 1.65. The molecule has 1 fully saturated rings. The summed E-state index contributed by atoms with van der Waals surface area (Å²) in [6.07, 6.45) is 3.46. The van der Waals surface area contributed by atoms with Gasteiger partial charge >= 0.3 is 0 Å². The number of amides is 1. The Bertz CT molecular complexity index is 1010. The fourth-order valence-electron chi connectivity index (χ4n) is 4.04. The molecule has 0 radical (unpaired) electrons. The molecule has 2 aliphatic heterocycles. The van der Waals surface area contributed by atoms with Crippen molar-refractivity contribution in [2.45, 2.75) is 32.7 Å². The van der Waals surface area contributed by atoms with Crippen molar-refractivity contribution >= 4 is 38.1 Å². The van der Waals surface area contributed by atoms with Gasteiger partial charge in [-0.2, -0.15) is 4.31 Å². The molecule has 2 aliphatic rings. The molecule has 1 amide bonds. The molecule has 29 heavy (non-hydrogen) atoms. The summed E-state index contributed by atoms with van der Waals surface area (Å²) in [5, 5.41) is 6.20. The predicted octanol–water partition coefficient (Wildman–Crippen LogP) is 2.62. The maximum Gasteiger partial charge on any atom is 0.227 e. The number of benzene rings is 1. The van der Waals surface area contributed by atoms with Gasteiger partial charge in [0.15, 0.2) is 5.13 Å². The van der Waals surface area contributed by atoms with Gasteiger partial charge < -0.3 is 10.2 Å². The lowest BCUT2D eigenvalue weighted by molar-refractivity contribution is -0.120. The highest BCUT2D eigenvalue weighted by Crippen LogP contribution is 2.30. The van der Waals surface area contributed by atoms with Crippen LogP contribution in [0.3, 0.4) is 0 Å². The summed E-state index contributed by atoms with van der Waals surface area (Å²) in [6, 6.07) is 5.74. The number of piperidine rings is 1. The molecule has 156 valence electrons. The Kier molecular flexibility index (Phi) is 5.63. The van der Waals surface area contributed by atoms with E-state index in [1.165, 1.54) is 10.6 Å². The smallest absolute Gasteiger partial charge is 0.227 e. The van der Waals surface area contributed by atoms with Gasteiger partial charge in [-0.3, -0.25) is 4.79 Å². The lowest BCUT2D eigenvalue weighted by Crippen LogP contribution is -2.38. The van der Waals surface area contributed by atoms with Crippen molar-refractivity contribution in [3.63, 3.8) is 0 Å². The highest BCUT2D eigenvalue weighted by atomic mass is 32.2. The second-order valence-corrected chi connectivity index (χ2v) is 10.6. The number of nitrogens with one attached hydrogen (secondary N) is 1. The lowest BCUT2D eigenvalue weighted by atomic mass is 9.95. The maximum atomic E-state index is 12.9. The van der Waals surface area contributed by atoms with E-state index in [4.69, 9.17) is 0 Å². The SMILES string of the molecule is Cc1csc(N2CCC(C(=O)Nc3cccc4c3CCN(S(C)(=O)=O)C4)CC2)n1. The summed E-state index contributed by atoms with van der Waals surface area (Å²) in [5.74, 6) is 0.0400. The zero-order valence-electron chi connectivity index (χ0n) is 16.7. The molecule has 0 spiro atoms. The van der Waals surface area contributed by atoms with E-state index < -0.39 is 10.0 Å². The highest BCUT2D eigenvalue weighted by molar-refractivity contribution is 7.88. The number of carbonyl (C=O) groups is 1. The van der Waals surface area contributed by atoms with Crippen LogP contribution in [-0.4, -0.2) is 49.5 Å². The molecule has 4 rings (SSSR count). The average molecular weight is 435 g/mol. The standard InChI is InChI=1S/C20H26N4O3S2/c1-14-13-28-20(21-14)23-9-6-15(7-10-23)19(25)22-18-5-3-4-16-12-24(29(2,26)27)11-8-17(16)18/h3-5,13,15H,6-12H2,1-2H3,(H,22,25). The van der Waals surface area contributed by atoms with E-state index in [1.54, 1.807) is 11.3 Å². The molecule has 7 nitrogen and oxygen atoms in total. The summed E-state index contributed by atoms with van der Waals surface area (Å²) in [5.41, 5.74) is 3.87. The van der Waals surface area contributed by atoms with Crippen LogP contribution < -0.4 is 10.2 Å². The maximum absolute atomic E-state index is 12.9. The number of thiazole rings is 1. The summed E-state index contributed by atoms with van der Waals surface area (Å²) in [4.78, 5) is 19.7. The Labute approximate surface area is 175 Å². The molecule has 0 aliphatic carbocycles. The number of carbonyl (C=O) groups excluding carboxylic acids is 1. The van der Waals surface area contributed by atoms with E-state index in [1.807, 2.05) is 25.1 Å². The minimum Gasteiger partial charge on any atom is -0.348 e. The zero-order valence-corrected chi connectivity index (χ0v) is 18.4. The third-order valence-electron chi connectivity index (χ3n) is 5.70. The van der Waals surface area contributed by atoms with Gasteiger partial charge in [0.2, 0.25) is 15.9 Å². The Morgan fingerprint density at radius 2 is 2.00 bits per heavy atom. The first-order chi connectivity index (χ1) is 13.8. The van der Waals surface area contributed by atoms with E-state index >= 15 is 0 Å². The number of aromatic nitrogens is 1. The number of aryl methyl sites for hydroxylation is 1. The van der Waals surface area contributed by atoms with Gasteiger partial charge in [-0.1, -0.05) is 12.1 Å². The summed E-state index contributed by atoms with van der Waals surface area (Å²) in [6.45, 7) is 4.48. The number of hydrogen-bond acceptors (Lipinski definition) is 6. The molecule has 1 aromatic carbocycles. The molecule has 0 bridgehead atoms. The fourth-order valence-corrected chi connectivity index (χ4v) is 5.69. The average Bonchev–Trinajstić information content (AvgIpc) is 3.13. The fraction of sp³-hybridized carbons (Fsp3) is 0.500. The third-order valence-corrected chi connectivity index (χ3v) is 7.97. The van der Waals surface area contributed by atoms with E-state index in [0.29, 0.717) is 19.5 Å². The summed E-state index contributed by atoms with van der Waals surface area (Å²) < 4.78 is 25.2. The van der Waals surface area contributed by atoms with Crippen molar-refractivity contribution in [3.05, 3.63) is 40.4 Å². The molecule has 0 unspecified atom stereocenters. The van der Waals surface area contributed by atoms with Gasteiger partial charge in [-0.15, -0.1) is 11.3 Å². The number of hydrogen-bond donors (Lipinski definition) is 1. The van der Waals surface area contributed by atoms with Crippen LogP contribution in [0.5, 0.6) is 0 Å². The van der Waals surface area contributed by atoms with Crippen LogP contribution >= 0.6 is 11.3 Å².